The van der Waals surface area contributed by atoms with Crippen LogP contribution in [0.5, 0.6) is 0 Å². The van der Waals surface area contributed by atoms with Crippen LogP contribution >= 0.6 is 0 Å². The van der Waals surface area contributed by atoms with Gasteiger partial charge in [-0.3, -0.25) is 9.59 Å². The Labute approximate surface area is 326 Å². The maximum atomic E-state index is 15.3. The second-order valence-electron chi connectivity index (χ2n) is 18.3. The quantitative estimate of drug-likeness (QED) is 0.141. The lowest BCUT2D eigenvalue weighted by molar-refractivity contribution is -0.161. The van der Waals surface area contributed by atoms with Crippen LogP contribution in [0.1, 0.15) is 93.6 Å². The predicted octanol–water partition coefficient (Wildman–Crippen LogP) is 9.00. The number of esters is 1. The van der Waals surface area contributed by atoms with Gasteiger partial charge in [0.05, 0.1) is 17.8 Å². The van der Waals surface area contributed by atoms with Crippen molar-refractivity contribution in [2.75, 3.05) is 19.6 Å². The molecule has 0 unspecified atom stereocenters. The smallest absolute Gasteiger partial charge is 0.410 e. The van der Waals surface area contributed by atoms with Crippen molar-refractivity contribution in [3.8, 4) is 11.3 Å². The number of amides is 2. The minimum Gasteiger partial charge on any atom is -0.453 e. The Bertz CT molecular complexity index is 1830. The van der Waals surface area contributed by atoms with Gasteiger partial charge in [-0.2, -0.15) is 0 Å². The molecule has 0 saturated carbocycles. The fourth-order valence-corrected chi connectivity index (χ4v) is 8.04. The van der Waals surface area contributed by atoms with Crippen molar-refractivity contribution >= 4 is 26.3 Å². The minimum atomic E-state index is -2.40. The van der Waals surface area contributed by atoms with E-state index in [9.17, 15) is 18.8 Å². The maximum Gasteiger partial charge on any atom is 0.410 e. The number of hydrogen-bond acceptors (Lipinski definition) is 7. The molecule has 1 fully saturated rings. The normalized spacial score (nSPS) is 17.8. The SMILES string of the molecule is CC(=O)O[C@@H](C)C(=O)N(C[C@H]1CN(C(=O)OC(C)(C)C)C[C@@H]1O[Si](C)(C)C(C)(C)C)[C@@H](c1nc(-c2cc(F)ccc2F)cn1Cc1ccccc1)C(C)(C)C. The molecular weight excluding hydrogens is 723 g/mol. The van der Waals surface area contributed by atoms with Gasteiger partial charge in [-0.05, 0) is 75.0 Å². The summed E-state index contributed by atoms with van der Waals surface area (Å²) in [6.07, 6.45) is -0.407. The summed E-state index contributed by atoms with van der Waals surface area (Å²) in [6.45, 7) is 25.8. The maximum absolute atomic E-state index is 15.3. The molecule has 1 saturated heterocycles. The van der Waals surface area contributed by atoms with E-state index >= 15 is 4.39 Å². The minimum absolute atomic E-state index is 0.0153. The molecule has 55 heavy (non-hydrogen) atoms. The van der Waals surface area contributed by atoms with Crippen molar-refractivity contribution < 1.29 is 37.1 Å². The predicted molar refractivity (Wildman–Crippen MR) is 212 cm³/mol. The monoisotopic (exact) mass is 782 g/mol. The van der Waals surface area contributed by atoms with Crippen LogP contribution in [0.15, 0.2) is 54.7 Å². The van der Waals surface area contributed by atoms with Crippen LogP contribution in [0.3, 0.4) is 0 Å². The Morgan fingerprint density at radius 3 is 2.16 bits per heavy atom. The Kier molecular flexibility index (Phi) is 13.1. The zero-order valence-corrected chi connectivity index (χ0v) is 35.8. The third-order valence-electron chi connectivity index (χ3n) is 10.3. The number of benzene rings is 2. The molecule has 13 heteroatoms. The van der Waals surface area contributed by atoms with Crippen molar-refractivity contribution in [3.63, 3.8) is 0 Å². The first-order valence-corrected chi connectivity index (χ1v) is 21.9. The lowest BCUT2D eigenvalue weighted by atomic mass is 9.83. The lowest BCUT2D eigenvalue weighted by Gasteiger charge is -2.43. The van der Waals surface area contributed by atoms with Crippen molar-refractivity contribution in [2.45, 2.75) is 125 Å². The number of imidazole rings is 1. The molecule has 10 nitrogen and oxygen atoms in total. The summed E-state index contributed by atoms with van der Waals surface area (Å²) in [6, 6.07) is 12.1. The Morgan fingerprint density at radius 2 is 1.60 bits per heavy atom. The van der Waals surface area contributed by atoms with Crippen molar-refractivity contribution in [3.05, 3.63) is 77.8 Å². The van der Waals surface area contributed by atoms with E-state index in [1.807, 2.05) is 76.4 Å². The van der Waals surface area contributed by atoms with Crippen molar-refractivity contribution in [1.29, 1.82) is 0 Å². The lowest BCUT2D eigenvalue weighted by Crippen LogP contribution is -2.52. The number of ether oxygens (including phenoxy) is 2. The van der Waals surface area contributed by atoms with E-state index in [1.54, 1.807) is 16.0 Å². The molecule has 2 amide bonds. The van der Waals surface area contributed by atoms with Gasteiger partial charge >= 0.3 is 12.1 Å². The summed E-state index contributed by atoms with van der Waals surface area (Å²) in [5.74, 6) is -2.28. The zero-order valence-electron chi connectivity index (χ0n) is 34.8. The number of halogens is 2. The van der Waals surface area contributed by atoms with Crippen LogP contribution in [0, 0.1) is 23.0 Å². The van der Waals surface area contributed by atoms with E-state index in [-0.39, 0.29) is 41.8 Å². The van der Waals surface area contributed by atoms with Gasteiger partial charge in [-0.1, -0.05) is 71.9 Å². The first-order valence-electron chi connectivity index (χ1n) is 19.0. The van der Waals surface area contributed by atoms with Crippen molar-refractivity contribution in [1.82, 2.24) is 19.4 Å². The molecule has 0 spiro atoms. The van der Waals surface area contributed by atoms with Gasteiger partial charge in [-0.25, -0.2) is 18.6 Å². The van der Waals surface area contributed by atoms with Crippen molar-refractivity contribution in [2.24, 2.45) is 11.3 Å². The number of carbonyl (C=O) groups is 3. The highest BCUT2D eigenvalue weighted by atomic mass is 28.4. The van der Waals surface area contributed by atoms with Crippen LogP contribution in [-0.2, 0) is 30.0 Å². The van der Waals surface area contributed by atoms with Crippen LogP contribution in [0.4, 0.5) is 13.6 Å². The number of nitrogens with zero attached hydrogens (tertiary/aromatic N) is 4. The molecular formula is C42H60F2N4O6Si. The first-order chi connectivity index (χ1) is 25.3. The second kappa shape index (κ2) is 16.6. The average molecular weight is 783 g/mol. The van der Waals surface area contributed by atoms with E-state index in [1.165, 1.54) is 13.8 Å². The van der Waals surface area contributed by atoms with E-state index in [0.717, 1.165) is 23.8 Å². The first kappa shape index (κ1) is 43.6. The highest BCUT2D eigenvalue weighted by Gasteiger charge is 2.48. The standard InChI is InChI=1S/C42H60F2N4O6Si/c1-27(52-28(2)49)38(50)48(24-30-23-47(39(51)53-41(6,7)8)26-35(30)54-55(12,13)42(9,10)11)36(40(3,4)5)37-45-34(32-21-31(43)19-20-33(32)44)25-46(37)22-29-17-15-14-16-18-29/h14-21,25,27,30,35-36H,22-24,26H2,1-13H3/t27-,30+,35-,36-/m0/s1. The molecule has 1 aromatic heterocycles. The van der Waals surface area contributed by atoms with Crippen LogP contribution in [0.25, 0.3) is 11.3 Å². The number of carbonyl (C=O) groups excluding carboxylic acids is 3. The number of aromatic nitrogens is 2. The van der Waals surface area contributed by atoms with Gasteiger partial charge in [0.15, 0.2) is 14.4 Å². The number of rotatable bonds is 11. The van der Waals surface area contributed by atoms with E-state index < -0.39 is 67.2 Å². The van der Waals surface area contributed by atoms with E-state index in [4.69, 9.17) is 18.9 Å². The van der Waals surface area contributed by atoms with Gasteiger partial charge in [-0.15, -0.1) is 0 Å². The third-order valence-corrected chi connectivity index (χ3v) is 14.8. The highest BCUT2D eigenvalue weighted by molar-refractivity contribution is 6.74. The molecule has 2 aromatic carbocycles. The van der Waals surface area contributed by atoms with E-state index in [0.29, 0.717) is 12.4 Å². The highest BCUT2D eigenvalue weighted by Crippen LogP contribution is 2.43. The van der Waals surface area contributed by atoms with Crippen LogP contribution in [0.2, 0.25) is 18.1 Å². The second-order valence-corrected chi connectivity index (χ2v) is 23.1. The Morgan fingerprint density at radius 1 is 0.964 bits per heavy atom. The van der Waals surface area contributed by atoms with E-state index in [2.05, 4.69) is 33.9 Å². The fourth-order valence-electron chi connectivity index (χ4n) is 6.66. The largest absolute Gasteiger partial charge is 0.453 e. The zero-order chi connectivity index (χ0) is 41.3. The topological polar surface area (TPSA) is 103 Å². The van der Waals surface area contributed by atoms with Gasteiger partial charge in [0.25, 0.3) is 5.91 Å². The Balaban J connectivity index is 1.92. The fraction of sp³-hybridized carbons (Fsp3) is 0.571. The van der Waals surface area contributed by atoms with Gasteiger partial charge in [0.2, 0.25) is 0 Å². The molecule has 2 heterocycles. The number of likely N-dealkylation sites (tertiary alicyclic amines) is 1. The molecule has 0 N–H and O–H groups in total. The van der Waals surface area contributed by atoms with Gasteiger partial charge < -0.3 is 28.3 Å². The molecule has 1 aliphatic rings. The molecule has 1 aliphatic heterocycles. The molecule has 3 aromatic rings. The molecule has 0 aliphatic carbocycles. The number of hydrogen-bond donors (Lipinski definition) is 0. The summed E-state index contributed by atoms with van der Waals surface area (Å²) in [4.78, 5) is 48.8. The van der Waals surface area contributed by atoms with Crippen LogP contribution in [-0.4, -0.2) is 83.1 Å². The Hall–Kier alpha value is -4.10. The molecule has 4 rings (SSSR count). The third kappa shape index (κ3) is 11.0. The molecule has 4 atom stereocenters. The van der Waals surface area contributed by atoms with Gasteiger partial charge in [0, 0.05) is 50.8 Å². The summed E-state index contributed by atoms with van der Waals surface area (Å²) in [5, 5.41) is -0.144. The molecule has 0 radical (unpaired) electrons. The molecule has 0 bridgehead atoms. The summed E-state index contributed by atoms with van der Waals surface area (Å²) in [7, 11) is -2.40. The molecule has 302 valence electrons. The van der Waals surface area contributed by atoms with Gasteiger partial charge in [0.1, 0.15) is 23.1 Å². The van der Waals surface area contributed by atoms with Crippen LogP contribution < -0.4 is 0 Å². The summed E-state index contributed by atoms with van der Waals surface area (Å²) in [5.41, 5.74) is -0.314. The summed E-state index contributed by atoms with van der Waals surface area (Å²) < 4.78 is 50.1. The summed E-state index contributed by atoms with van der Waals surface area (Å²) >= 11 is 0. The average Bonchev–Trinajstić information content (AvgIpc) is 3.63.